The zero-order valence-electron chi connectivity index (χ0n) is 5.20. The average molecular weight is 308 g/mol. The molecular formula is C5H4N2O2W-2. The van der Waals surface area contributed by atoms with Crippen LogP contribution in [0.3, 0.4) is 0 Å². The third kappa shape index (κ3) is 1.45. The van der Waals surface area contributed by atoms with Crippen LogP contribution in [-0.2, 0) is 25.9 Å². The van der Waals surface area contributed by atoms with E-state index in [1.54, 1.807) is 0 Å². The Kier molecular flexibility index (Phi) is 3.29. The third-order valence-electron chi connectivity index (χ3n) is 0.956. The number of likely N-dealkylation sites (N-methyl/N-ethyl adjacent to an activating group) is 1. The summed E-state index contributed by atoms with van der Waals surface area (Å²) in [5, 5.41) is 9.94. The number of nitrogens with zero attached hydrogens (tertiary/aromatic N) is 2. The molecular weight excluding hydrogens is 304 g/mol. The van der Waals surface area contributed by atoms with E-state index in [9.17, 15) is 9.90 Å². The van der Waals surface area contributed by atoms with E-state index in [0.29, 0.717) is 6.26 Å². The second-order valence-electron chi connectivity index (χ2n) is 1.58. The number of aliphatic imine (C=N–C) groups is 1. The normalized spacial score (nSPS) is 19.9. The zero-order valence-corrected chi connectivity index (χ0v) is 8.13. The van der Waals surface area contributed by atoms with Crippen molar-refractivity contribution in [1.29, 1.82) is 0 Å². The summed E-state index contributed by atoms with van der Waals surface area (Å²) >= 11 is 0. The maximum Gasteiger partial charge on any atom is 0.117 e. The van der Waals surface area contributed by atoms with Crippen molar-refractivity contribution < 1.29 is 31.0 Å². The van der Waals surface area contributed by atoms with Crippen molar-refractivity contribution in [3.8, 4) is 0 Å². The molecule has 0 N–H and O–H groups in total. The summed E-state index contributed by atoms with van der Waals surface area (Å²) in [6.07, 6.45) is 2.73. The van der Waals surface area contributed by atoms with Gasteiger partial charge in [-0.15, -0.1) is 0 Å². The van der Waals surface area contributed by atoms with E-state index < -0.39 is 5.91 Å². The van der Waals surface area contributed by atoms with Gasteiger partial charge in [-0.3, -0.25) is 0 Å². The van der Waals surface area contributed by atoms with Crippen LogP contribution < -0.4 is 5.11 Å². The fraction of sp³-hybridized carbons (Fsp3) is 0.200. The maximum absolute atomic E-state index is 10.6. The Morgan fingerprint density at radius 2 is 2.40 bits per heavy atom. The molecule has 0 aromatic carbocycles. The smallest absolute Gasteiger partial charge is 0.117 e. The molecule has 0 aromatic rings. The summed E-state index contributed by atoms with van der Waals surface area (Å²) in [4.78, 5) is 15.2. The van der Waals surface area contributed by atoms with Crippen molar-refractivity contribution in [2.24, 2.45) is 4.99 Å². The van der Waals surface area contributed by atoms with Crippen molar-refractivity contribution in [3.63, 3.8) is 0 Å². The molecule has 4 nitrogen and oxygen atoms in total. The van der Waals surface area contributed by atoms with E-state index in [4.69, 9.17) is 0 Å². The van der Waals surface area contributed by atoms with E-state index in [1.807, 2.05) is 0 Å². The van der Waals surface area contributed by atoms with Crippen molar-refractivity contribution >= 4 is 12.2 Å². The van der Waals surface area contributed by atoms with E-state index in [-0.39, 0.29) is 26.8 Å². The molecule has 1 amide bonds. The van der Waals surface area contributed by atoms with Crippen LogP contribution in [0.25, 0.3) is 0 Å². The number of amides is 1. The molecule has 0 aromatic heterocycles. The quantitative estimate of drug-likeness (QED) is 0.313. The number of rotatable bonds is 0. The number of carbonyl (C=O) groups is 1. The summed E-state index contributed by atoms with van der Waals surface area (Å²) < 4.78 is 0. The van der Waals surface area contributed by atoms with Gasteiger partial charge in [-0.1, -0.05) is 0 Å². The number of hydrogen-bond acceptors (Lipinski definition) is 3. The van der Waals surface area contributed by atoms with Crippen LogP contribution in [0.4, 0.5) is 0 Å². The molecule has 0 spiro atoms. The molecule has 0 fully saturated rings. The Morgan fingerprint density at radius 3 is 2.60 bits per heavy atom. The summed E-state index contributed by atoms with van der Waals surface area (Å²) in [6, 6.07) is 0. The summed E-state index contributed by atoms with van der Waals surface area (Å²) in [6.45, 7) is 0. The van der Waals surface area contributed by atoms with Gasteiger partial charge in [0.05, 0.1) is 0 Å². The van der Waals surface area contributed by atoms with Crippen LogP contribution in [0, 0.1) is 0 Å². The van der Waals surface area contributed by atoms with Gasteiger partial charge in [0.25, 0.3) is 0 Å². The molecule has 10 heavy (non-hydrogen) atoms. The van der Waals surface area contributed by atoms with Gasteiger partial charge in [0.2, 0.25) is 0 Å². The Labute approximate surface area is 72.5 Å². The van der Waals surface area contributed by atoms with Gasteiger partial charge in [-0.05, 0) is 12.7 Å². The van der Waals surface area contributed by atoms with Crippen LogP contribution in [0.15, 0.2) is 17.0 Å². The molecule has 0 unspecified atom stereocenters. The van der Waals surface area contributed by atoms with Crippen LogP contribution in [0.1, 0.15) is 0 Å². The molecule has 0 bridgehead atoms. The first-order valence-corrected chi connectivity index (χ1v) is 2.32. The zero-order chi connectivity index (χ0) is 6.85. The molecule has 0 aliphatic carbocycles. The van der Waals surface area contributed by atoms with E-state index in [2.05, 4.69) is 11.3 Å². The van der Waals surface area contributed by atoms with Crippen molar-refractivity contribution in [2.75, 3.05) is 7.05 Å². The Hall–Kier alpha value is -0.632. The van der Waals surface area contributed by atoms with E-state index >= 15 is 0 Å². The van der Waals surface area contributed by atoms with Crippen LogP contribution in [0.5, 0.6) is 0 Å². The van der Waals surface area contributed by atoms with Gasteiger partial charge in [0.1, 0.15) is 5.91 Å². The topological polar surface area (TPSA) is 55.7 Å². The van der Waals surface area contributed by atoms with Gasteiger partial charge in [-0.25, -0.2) is 0 Å². The van der Waals surface area contributed by atoms with Crippen LogP contribution >= 0.6 is 0 Å². The van der Waals surface area contributed by atoms with Gasteiger partial charge < -0.3 is 19.8 Å². The van der Waals surface area contributed by atoms with Crippen molar-refractivity contribution in [2.45, 2.75) is 0 Å². The molecule has 5 heteroatoms. The summed E-state index contributed by atoms with van der Waals surface area (Å²) in [5.74, 6) is -0.398. The predicted molar refractivity (Wildman–Crippen MR) is 28.3 cm³/mol. The van der Waals surface area contributed by atoms with E-state index in [1.165, 1.54) is 7.05 Å². The SMILES string of the molecule is CN1[C-]=NC(=C[O-])C1=O.[W]. The standard InChI is InChI=1S/C5H5N2O2.W/c1-7-3-6-4(2-8)5(7)9;/h2,8H,1H3;/q-1;/p-1. The average Bonchev–Trinajstić information content (AvgIpc) is 2.15. The minimum Gasteiger partial charge on any atom is -0.886 e. The molecule has 54 valence electrons. The first-order valence-electron chi connectivity index (χ1n) is 2.32. The van der Waals surface area contributed by atoms with Gasteiger partial charge in [-0.2, -0.15) is 6.26 Å². The Bertz CT molecular complexity index is 200. The minimum absolute atomic E-state index is 0. The molecule has 0 radical (unpaired) electrons. The summed E-state index contributed by atoms with van der Waals surface area (Å²) in [5.41, 5.74) is -0.0856. The van der Waals surface area contributed by atoms with Crippen molar-refractivity contribution in [3.05, 3.63) is 12.0 Å². The molecule has 1 aliphatic rings. The maximum atomic E-state index is 10.6. The molecule has 0 saturated carbocycles. The molecule has 1 rings (SSSR count). The second kappa shape index (κ2) is 3.52. The van der Waals surface area contributed by atoms with Gasteiger partial charge >= 0.3 is 0 Å². The predicted octanol–water partition coefficient (Wildman–Crippen LogP) is -1.44. The van der Waals surface area contributed by atoms with Gasteiger partial charge in [0.15, 0.2) is 0 Å². The largest absolute Gasteiger partial charge is 0.886 e. The molecule has 1 heterocycles. The van der Waals surface area contributed by atoms with E-state index in [0.717, 1.165) is 4.90 Å². The Balaban J connectivity index is 0.000000810. The van der Waals surface area contributed by atoms with Gasteiger partial charge in [0, 0.05) is 27.4 Å². The first-order chi connectivity index (χ1) is 4.25. The molecule has 1 aliphatic heterocycles. The monoisotopic (exact) mass is 308 g/mol. The third-order valence-corrected chi connectivity index (χ3v) is 0.956. The molecule has 0 atom stereocenters. The second-order valence-corrected chi connectivity index (χ2v) is 1.58. The summed E-state index contributed by atoms with van der Waals surface area (Å²) in [7, 11) is 1.49. The number of hydrogen-bond donors (Lipinski definition) is 0. The molecule has 0 saturated heterocycles. The number of carbonyl (C=O) groups excluding carboxylic acids is 1. The minimum atomic E-state index is -0.398. The van der Waals surface area contributed by atoms with Crippen LogP contribution in [-0.4, -0.2) is 24.2 Å². The first kappa shape index (κ1) is 9.37. The Morgan fingerprint density at radius 1 is 1.80 bits per heavy atom. The van der Waals surface area contributed by atoms with Crippen molar-refractivity contribution in [1.82, 2.24) is 4.90 Å². The fourth-order valence-electron chi connectivity index (χ4n) is 0.471. The fourth-order valence-corrected chi connectivity index (χ4v) is 0.471. The van der Waals surface area contributed by atoms with Crippen LogP contribution in [0.2, 0.25) is 0 Å².